The van der Waals surface area contributed by atoms with E-state index >= 15 is 0 Å². The predicted molar refractivity (Wildman–Crippen MR) is 73.5 cm³/mol. The SMILES string of the molecule is CC(=O)C1CCCCN1c1ccc([N+](=O)[O-])c(C#N)c1. The molecule has 0 saturated carbocycles. The lowest BCUT2D eigenvalue weighted by molar-refractivity contribution is -0.385. The van der Waals surface area contributed by atoms with Crippen LogP contribution in [0.3, 0.4) is 0 Å². The van der Waals surface area contributed by atoms with E-state index in [0.717, 1.165) is 25.8 Å². The van der Waals surface area contributed by atoms with Gasteiger partial charge in [0.25, 0.3) is 5.69 Å². The Bertz CT molecular complexity index is 592. The van der Waals surface area contributed by atoms with Gasteiger partial charge in [0, 0.05) is 18.3 Å². The quantitative estimate of drug-likeness (QED) is 0.623. The maximum Gasteiger partial charge on any atom is 0.287 e. The van der Waals surface area contributed by atoms with Crippen molar-refractivity contribution in [1.82, 2.24) is 0 Å². The van der Waals surface area contributed by atoms with Crippen LogP contribution < -0.4 is 4.90 Å². The fourth-order valence-corrected chi connectivity index (χ4v) is 2.61. The van der Waals surface area contributed by atoms with Crippen molar-refractivity contribution >= 4 is 17.2 Å². The molecule has 1 unspecified atom stereocenters. The summed E-state index contributed by atoms with van der Waals surface area (Å²) in [6.45, 7) is 2.28. The van der Waals surface area contributed by atoms with Gasteiger partial charge in [0.1, 0.15) is 11.6 Å². The van der Waals surface area contributed by atoms with Crippen LogP contribution in [0.5, 0.6) is 0 Å². The Balaban J connectivity index is 2.39. The number of nitro groups is 1. The van der Waals surface area contributed by atoms with Crippen molar-refractivity contribution < 1.29 is 9.72 Å². The second-order valence-corrected chi connectivity index (χ2v) is 4.89. The van der Waals surface area contributed by atoms with E-state index in [9.17, 15) is 14.9 Å². The minimum absolute atomic E-state index is 0.0281. The molecule has 6 nitrogen and oxygen atoms in total. The molecule has 0 aromatic heterocycles. The number of piperidine rings is 1. The molecule has 20 heavy (non-hydrogen) atoms. The third kappa shape index (κ3) is 2.62. The Morgan fingerprint density at radius 1 is 1.50 bits per heavy atom. The van der Waals surface area contributed by atoms with Crippen LogP contribution in [0.15, 0.2) is 18.2 Å². The predicted octanol–water partition coefficient (Wildman–Crippen LogP) is 2.41. The summed E-state index contributed by atoms with van der Waals surface area (Å²) in [5.74, 6) is 0.0848. The van der Waals surface area contributed by atoms with E-state index < -0.39 is 4.92 Å². The molecule has 1 heterocycles. The van der Waals surface area contributed by atoms with Gasteiger partial charge in [-0.3, -0.25) is 14.9 Å². The summed E-state index contributed by atoms with van der Waals surface area (Å²) in [4.78, 5) is 23.9. The lowest BCUT2D eigenvalue weighted by atomic mass is 9.98. The first-order chi connectivity index (χ1) is 9.54. The topological polar surface area (TPSA) is 87.2 Å². The molecule has 2 rings (SSSR count). The molecule has 1 atom stereocenters. The van der Waals surface area contributed by atoms with Gasteiger partial charge < -0.3 is 4.90 Å². The van der Waals surface area contributed by atoms with Crippen molar-refractivity contribution in [3.8, 4) is 6.07 Å². The molecular formula is C14H15N3O3. The Labute approximate surface area is 116 Å². The standard InChI is InChI=1S/C14H15N3O3/c1-10(18)13-4-2-3-7-16(13)12-5-6-14(17(19)20)11(8-12)9-15/h5-6,8,13H,2-4,7H2,1H3. The van der Waals surface area contributed by atoms with E-state index in [4.69, 9.17) is 5.26 Å². The summed E-state index contributed by atoms with van der Waals surface area (Å²) in [5.41, 5.74) is 0.528. The molecule has 1 aromatic rings. The van der Waals surface area contributed by atoms with Crippen LogP contribution in [-0.4, -0.2) is 23.3 Å². The lowest BCUT2D eigenvalue weighted by Crippen LogP contribution is -2.43. The zero-order chi connectivity index (χ0) is 14.7. The Morgan fingerprint density at radius 2 is 2.25 bits per heavy atom. The second-order valence-electron chi connectivity index (χ2n) is 4.89. The number of hydrogen-bond acceptors (Lipinski definition) is 5. The van der Waals surface area contributed by atoms with E-state index in [1.54, 1.807) is 13.0 Å². The molecule has 1 aromatic carbocycles. The average molecular weight is 273 g/mol. The molecule has 0 aliphatic carbocycles. The molecule has 104 valence electrons. The average Bonchev–Trinajstić information content (AvgIpc) is 2.46. The van der Waals surface area contributed by atoms with Crippen molar-refractivity contribution in [2.45, 2.75) is 32.2 Å². The summed E-state index contributed by atoms with van der Waals surface area (Å²) in [6, 6.07) is 6.09. The fourth-order valence-electron chi connectivity index (χ4n) is 2.61. The molecule has 0 N–H and O–H groups in total. The van der Waals surface area contributed by atoms with E-state index in [-0.39, 0.29) is 23.1 Å². The molecular weight excluding hydrogens is 258 g/mol. The van der Waals surface area contributed by atoms with E-state index in [0.29, 0.717) is 5.69 Å². The maximum absolute atomic E-state index is 11.7. The number of hydrogen-bond donors (Lipinski definition) is 0. The summed E-state index contributed by atoms with van der Waals surface area (Å²) >= 11 is 0. The Morgan fingerprint density at radius 3 is 2.85 bits per heavy atom. The third-order valence-corrected chi connectivity index (χ3v) is 3.60. The van der Waals surface area contributed by atoms with Gasteiger partial charge in [-0.25, -0.2) is 0 Å². The van der Waals surface area contributed by atoms with Gasteiger partial charge in [0.2, 0.25) is 0 Å². The fraction of sp³-hybridized carbons (Fsp3) is 0.429. The molecule has 6 heteroatoms. The minimum Gasteiger partial charge on any atom is -0.361 e. The van der Waals surface area contributed by atoms with Gasteiger partial charge in [0.15, 0.2) is 5.78 Å². The number of anilines is 1. The van der Waals surface area contributed by atoms with Gasteiger partial charge in [-0.1, -0.05) is 0 Å². The largest absolute Gasteiger partial charge is 0.361 e. The monoisotopic (exact) mass is 273 g/mol. The van der Waals surface area contributed by atoms with Crippen molar-refractivity contribution in [1.29, 1.82) is 5.26 Å². The molecule has 1 aliphatic rings. The van der Waals surface area contributed by atoms with Crippen LogP contribution in [0.2, 0.25) is 0 Å². The van der Waals surface area contributed by atoms with Gasteiger partial charge in [-0.05, 0) is 38.3 Å². The first kappa shape index (κ1) is 14.0. The molecule has 1 fully saturated rings. The maximum atomic E-state index is 11.7. The highest BCUT2D eigenvalue weighted by atomic mass is 16.6. The third-order valence-electron chi connectivity index (χ3n) is 3.60. The van der Waals surface area contributed by atoms with E-state index in [1.165, 1.54) is 12.1 Å². The van der Waals surface area contributed by atoms with E-state index in [2.05, 4.69) is 0 Å². The molecule has 0 bridgehead atoms. The zero-order valence-corrected chi connectivity index (χ0v) is 11.2. The summed E-state index contributed by atoms with van der Waals surface area (Å²) in [6.07, 6.45) is 2.76. The highest BCUT2D eigenvalue weighted by Gasteiger charge is 2.27. The summed E-state index contributed by atoms with van der Waals surface area (Å²) in [7, 11) is 0. The van der Waals surface area contributed by atoms with Crippen LogP contribution in [0, 0.1) is 21.4 Å². The highest BCUT2D eigenvalue weighted by molar-refractivity contribution is 5.85. The van der Waals surface area contributed by atoms with Crippen molar-refractivity contribution in [2.75, 3.05) is 11.4 Å². The number of Topliss-reactive ketones (excluding diaryl/α,β-unsaturated/α-hetero) is 1. The van der Waals surface area contributed by atoms with Gasteiger partial charge in [0.05, 0.1) is 11.0 Å². The molecule has 1 saturated heterocycles. The van der Waals surface area contributed by atoms with Crippen LogP contribution in [0.4, 0.5) is 11.4 Å². The van der Waals surface area contributed by atoms with Gasteiger partial charge in [-0.15, -0.1) is 0 Å². The second kappa shape index (κ2) is 5.70. The molecule has 0 radical (unpaired) electrons. The first-order valence-electron chi connectivity index (χ1n) is 6.50. The van der Waals surface area contributed by atoms with Crippen LogP contribution in [0.1, 0.15) is 31.7 Å². The van der Waals surface area contributed by atoms with E-state index in [1.807, 2.05) is 11.0 Å². The van der Waals surface area contributed by atoms with Crippen LogP contribution >= 0.6 is 0 Å². The number of benzene rings is 1. The first-order valence-corrected chi connectivity index (χ1v) is 6.50. The lowest BCUT2D eigenvalue weighted by Gasteiger charge is -2.36. The number of nitrogens with zero attached hydrogens (tertiary/aromatic N) is 3. The summed E-state index contributed by atoms with van der Waals surface area (Å²) in [5, 5.41) is 19.9. The highest BCUT2D eigenvalue weighted by Crippen LogP contribution is 2.29. The summed E-state index contributed by atoms with van der Waals surface area (Å²) < 4.78 is 0. The van der Waals surface area contributed by atoms with Gasteiger partial charge in [-0.2, -0.15) is 5.26 Å². The Hall–Kier alpha value is -2.42. The van der Waals surface area contributed by atoms with Gasteiger partial charge >= 0.3 is 0 Å². The number of rotatable bonds is 3. The number of carbonyl (C=O) groups excluding carboxylic acids is 1. The number of carbonyl (C=O) groups is 1. The zero-order valence-electron chi connectivity index (χ0n) is 11.2. The normalized spacial score (nSPS) is 18.4. The van der Waals surface area contributed by atoms with Crippen LogP contribution in [-0.2, 0) is 4.79 Å². The number of nitro benzene ring substituents is 1. The molecule has 1 aliphatic heterocycles. The Kier molecular flexibility index (Phi) is 3.99. The van der Waals surface area contributed by atoms with Crippen molar-refractivity contribution in [3.63, 3.8) is 0 Å². The number of ketones is 1. The minimum atomic E-state index is -0.568. The van der Waals surface area contributed by atoms with Crippen molar-refractivity contribution in [3.05, 3.63) is 33.9 Å². The van der Waals surface area contributed by atoms with Crippen LogP contribution in [0.25, 0.3) is 0 Å². The molecule has 0 spiro atoms. The van der Waals surface area contributed by atoms with Crippen molar-refractivity contribution in [2.24, 2.45) is 0 Å². The smallest absolute Gasteiger partial charge is 0.287 e. The number of nitriles is 1. The molecule has 0 amide bonds.